The van der Waals surface area contributed by atoms with E-state index in [2.05, 4.69) is 15.9 Å². The monoisotopic (exact) mass is 326 g/mol. The van der Waals surface area contributed by atoms with Crippen LogP contribution in [0.3, 0.4) is 0 Å². The molecule has 1 nitrogen and oxygen atoms in total. The van der Waals surface area contributed by atoms with Gasteiger partial charge in [0, 0.05) is 15.9 Å². The molecule has 0 aliphatic heterocycles. The van der Waals surface area contributed by atoms with Crippen LogP contribution in [0.2, 0.25) is 5.02 Å². The Morgan fingerprint density at radius 2 is 2.00 bits per heavy atom. The van der Waals surface area contributed by atoms with Gasteiger partial charge in [-0.3, -0.25) is 4.79 Å². The summed E-state index contributed by atoms with van der Waals surface area (Å²) >= 11 is 9.47. The highest BCUT2D eigenvalue weighted by Gasteiger charge is 2.09. The van der Waals surface area contributed by atoms with E-state index in [4.69, 9.17) is 11.6 Å². The highest BCUT2D eigenvalue weighted by atomic mass is 79.9. The summed E-state index contributed by atoms with van der Waals surface area (Å²) in [5.41, 5.74) is 2.21. The van der Waals surface area contributed by atoms with Crippen LogP contribution in [-0.4, -0.2) is 5.78 Å². The van der Waals surface area contributed by atoms with Crippen LogP contribution in [0, 0.1) is 0 Å². The molecule has 1 aromatic carbocycles. The summed E-state index contributed by atoms with van der Waals surface area (Å²) in [4.78, 5) is 12.0. The Hall–Kier alpha value is -0.600. The number of carbonyl (C=O) groups excluding carboxylic acids is 1. The van der Waals surface area contributed by atoms with Crippen LogP contribution in [0.5, 0.6) is 0 Å². The minimum Gasteiger partial charge on any atom is -0.294 e. The maximum absolute atomic E-state index is 12.0. The molecule has 1 fully saturated rings. The normalized spacial score (nSPS) is 15.6. The molecule has 1 aliphatic rings. The topological polar surface area (TPSA) is 17.1 Å². The van der Waals surface area contributed by atoms with Crippen LogP contribution < -0.4 is 0 Å². The third-order valence-corrected chi connectivity index (χ3v) is 4.09. The molecule has 0 radical (unpaired) electrons. The van der Waals surface area contributed by atoms with Crippen molar-refractivity contribution in [1.29, 1.82) is 0 Å². The summed E-state index contributed by atoms with van der Waals surface area (Å²) in [6.07, 6.45) is 8.13. The van der Waals surface area contributed by atoms with Gasteiger partial charge in [0.05, 0.1) is 0 Å². The van der Waals surface area contributed by atoms with Crippen molar-refractivity contribution >= 4 is 33.3 Å². The maximum atomic E-state index is 12.0. The fourth-order valence-electron chi connectivity index (χ4n) is 2.28. The number of allylic oxidation sites excluding steroid dienone is 2. The Morgan fingerprint density at radius 1 is 1.28 bits per heavy atom. The van der Waals surface area contributed by atoms with Crippen molar-refractivity contribution in [3.8, 4) is 0 Å². The minimum atomic E-state index is 0.163. The molecule has 0 aromatic heterocycles. The van der Waals surface area contributed by atoms with Crippen LogP contribution in [0.4, 0.5) is 0 Å². The van der Waals surface area contributed by atoms with Gasteiger partial charge in [0.2, 0.25) is 0 Å². The van der Waals surface area contributed by atoms with Crippen molar-refractivity contribution in [2.45, 2.75) is 38.5 Å². The Kier molecular flexibility index (Phi) is 5.02. The van der Waals surface area contributed by atoms with Crippen molar-refractivity contribution in [3.05, 3.63) is 44.9 Å². The fourth-order valence-corrected chi connectivity index (χ4v) is 3.02. The second-order valence-corrected chi connectivity index (χ2v) is 6.06. The van der Waals surface area contributed by atoms with Crippen LogP contribution in [0.25, 0.3) is 0 Å². The van der Waals surface area contributed by atoms with E-state index < -0.39 is 0 Å². The fraction of sp³-hybridized carbons (Fsp3) is 0.400. The molecule has 96 valence electrons. The number of halogens is 2. The number of rotatable bonds is 3. The lowest BCUT2D eigenvalue weighted by Gasteiger charge is -2.13. The smallest absolute Gasteiger partial charge is 0.160 e. The molecule has 2 rings (SSSR count). The van der Waals surface area contributed by atoms with E-state index in [1.807, 2.05) is 24.3 Å². The van der Waals surface area contributed by atoms with E-state index in [0.717, 1.165) is 22.9 Å². The first-order chi connectivity index (χ1) is 8.65. The van der Waals surface area contributed by atoms with Gasteiger partial charge in [0.15, 0.2) is 5.78 Å². The van der Waals surface area contributed by atoms with Gasteiger partial charge in [-0.05, 0) is 49.5 Å². The molecule has 1 aliphatic carbocycles. The number of hydrogen-bond acceptors (Lipinski definition) is 1. The molecule has 1 aromatic rings. The van der Waals surface area contributed by atoms with E-state index in [1.165, 1.54) is 24.8 Å². The Labute approximate surface area is 121 Å². The molecule has 18 heavy (non-hydrogen) atoms. The van der Waals surface area contributed by atoms with E-state index in [0.29, 0.717) is 11.4 Å². The van der Waals surface area contributed by atoms with Crippen LogP contribution in [-0.2, 0) is 11.2 Å². The second-order valence-electron chi connectivity index (χ2n) is 4.74. The average molecular weight is 328 g/mol. The maximum Gasteiger partial charge on any atom is 0.160 e. The van der Waals surface area contributed by atoms with Gasteiger partial charge in [-0.2, -0.15) is 0 Å². The number of hydrogen-bond donors (Lipinski definition) is 0. The third kappa shape index (κ3) is 3.96. The standard InChI is InChI=1S/C15H16BrClO/c16-13-7-6-12(15(17)10-13)9-14(18)8-11-4-2-1-3-5-11/h6-8,10H,1-5,9H2. The van der Waals surface area contributed by atoms with Gasteiger partial charge in [-0.25, -0.2) is 0 Å². The van der Waals surface area contributed by atoms with Crippen LogP contribution in [0.1, 0.15) is 37.7 Å². The summed E-state index contributed by atoms with van der Waals surface area (Å²) in [7, 11) is 0. The predicted octanol–water partition coefficient (Wildman–Crippen LogP) is 5.10. The summed E-state index contributed by atoms with van der Waals surface area (Å²) < 4.78 is 0.939. The highest BCUT2D eigenvalue weighted by Crippen LogP contribution is 2.24. The Morgan fingerprint density at radius 3 is 2.67 bits per heavy atom. The molecule has 0 heterocycles. The molecule has 0 saturated heterocycles. The van der Waals surface area contributed by atoms with Crippen molar-refractivity contribution in [2.75, 3.05) is 0 Å². The molecule has 0 atom stereocenters. The lowest BCUT2D eigenvalue weighted by molar-refractivity contribution is -0.114. The van der Waals surface area contributed by atoms with Crippen LogP contribution in [0.15, 0.2) is 34.3 Å². The number of ketones is 1. The molecular formula is C15H16BrClO. The summed E-state index contributed by atoms with van der Waals surface area (Å²) in [5.74, 6) is 0.163. The van der Waals surface area contributed by atoms with Gasteiger partial charge in [0.25, 0.3) is 0 Å². The second kappa shape index (κ2) is 6.53. The van der Waals surface area contributed by atoms with Crippen LogP contribution >= 0.6 is 27.5 Å². The van der Waals surface area contributed by atoms with Crippen molar-refractivity contribution in [3.63, 3.8) is 0 Å². The molecule has 3 heteroatoms. The summed E-state index contributed by atoms with van der Waals surface area (Å²) in [6.45, 7) is 0. The van der Waals surface area contributed by atoms with E-state index in [-0.39, 0.29) is 5.78 Å². The molecule has 0 N–H and O–H groups in total. The van der Waals surface area contributed by atoms with E-state index in [1.54, 1.807) is 0 Å². The lowest BCUT2D eigenvalue weighted by Crippen LogP contribution is -2.03. The number of benzene rings is 1. The molecule has 0 unspecified atom stereocenters. The Balaban J connectivity index is 2.02. The minimum absolute atomic E-state index is 0.163. The first kappa shape index (κ1) is 13.8. The van der Waals surface area contributed by atoms with Gasteiger partial charge in [-0.15, -0.1) is 0 Å². The molecular weight excluding hydrogens is 312 g/mol. The average Bonchev–Trinajstić information content (AvgIpc) is 2.34. The first-order valence-corrected chi connectivity index (χ1v) is 7.48. The summed E-state index contributed by atoms with van der Waals surface area (Å²) in [5, 5.41) is 0.653. The van der Waals surface area contributed by atoms with Crippen molar-refractivity contribution in [1.82, 2.24) is 0 Å². The largest absolute Gasteiger partial charge is 0.294 e. The van der Waals surface area contributed by atoms with Gasteiger partial charge in [-0.1, -0.05) is 45.6 Å². The zero-order valence-corrected chi connectivity index (χ0v) is 12.6. The lowest BCUT2D eigenvalue weighted by atomic mass is 9.93. The summed E-state index contributed by atoms with van der Waals surface area (Å²) in [6, 6.07) is 5.66. The van der Waals surface area contributed by atoms with Gasteiger partial charge in [0.1, 0.15) is 0 Å². The quantitative estimate of drug-likeness (QED) is 0.705. The molecule has 1 saturated carbocycles. The number of carbonyl (C=O) groups is 1. The molecule has 0 spiro atoms. The SMILES string of the molecule is O=C(C=C1CCCCC1)Cc1ccc(Br)cc1Cl. The zero-order valence-electron chi connectivity index (χ0n) is 10.2. The molecule has 0 amide bonds. The third-order valence-electron chi connectivity index (χ3n) is 3.24. The van der Waals surface area contributed by atoms with E-state index >= 15 is 0 Å². The predicted molar refractivity (Wildman–Crippen MR) is 79.0 cm³/mol. The Bertz CT molecular complexity index is 471. The van der Waals surface area contributed by atoms with Crippen molar-refractivity contribution in [2.24, 2.45) is 0 Å². The van der Waals surface area contributed by atoms with Gasteiger partial charge >= 0.3 is 0 Å². The van der Waals surface area contributed by atoms with Crippen molar-refractivity contribution < 1.29 is 4.79 Å². The van der Waals surface area contributed by atoms with E-state index in [9.17, 15) is 4.79 Å². The molecule has 0 bridgehead atoms. The van der Waals surface area contributed by atoms with Gasteiger partial charge < -0.3 is 0 Å². The zero-order chi connectivity index (χ0) is 13.0. The highest BCUT2D eigenvalue weighted by molar-refractivity contribution is 9.10. The first-order valence-electron chi connectivity index (χ1n) is 6.31.